The van der Waals surface area contributed by atoms with Crippen molar-refractivity contribution in [1.82, 2.24) is 4.90 Å². The van der Waals surface area contributed by atoms with Crippen LogP contribution in [0.5, 0.6) is 0 Å². The first kappa shape index (κ1) is 11.9. The van der Waals surface area contributed by atoms with Crippen molar-refractivity contribution >= 4 is 5.97 Å². The smallest absolute Gasteiger partial charge is 0.313 e. The third-order valence-electron chi connectivity index (χ3n) is 4.12. The van der Waals surface area contributed by atoms with E-state index in [1.807, 2.05) is 0 Å². The molecule has 0 bridgehead atoms. The molecule has 2 aliphatic rings. The van der Waals surface area contributed by atoms with Crippen LogP contribution in [-0.2, 0) is 9.53 Å². The van der Waals surface area contributed by atoms with Gasteiger partial charge in [-0.2, -0.15) is 0 Å². The lowest BCUT2D eigenvalue weighted by atomic mass is 9.85. The van der Waals surface area contributed by atoms with Crippen molar-refractivity contribution in [1.29, 1.82) is 0 Å². The molecule has 2 saturated heterocycles. The zero-order chi connectivity index (χ0) is 11.8. The van der Waals surface area contributed by atoms with Crippen molar-refractivity contribution in [2.75, 3.05) is 26.3 Å². The average Bonchev–Trinajstić information content (AvgIpc) is 2.76. The molecule has 0 radical (unpaired) electrons. The van der Waals surface area contributed by atoms with Gasteiger partial charge in [0.25, 0.3) is 0 Å². The molecular weight excluding hydrogens is 206 g/mol. The highest BCUT2D eigenvalue weighted by atomic mass is 16.5. The predicted octanol–water partition coefficient (Wildman–Crippen LogP) is 1.35. The van der Waals surface area contributed by atoms with Gasteiger partial charge in [-0.15, -0.1) is 0 Å². The molecule has 16 heavy (non-hydrogen) atoms. The summed E-state index contributed by atoms with van der Waals surface area (Å²) in [4.78, 5) is 13.7. The van der Waals surface area contributed by atoms with E-state index in [9.17, 15) is 9.90 Å². The summed E-state index contributed by atoms with van der Waals surface area (Å²) in [5.41, 5.74) is -0.521. The molecule has 1 unspecified atom stereocenters. The second kappa shape index (κ2) is 4.00. The van der Waals surface area contributed by atoms with Gasteiger partial charge in [-0.1, -0.05) is 0 Å². The number of hydrogen-bond donors (Lipinski definition) is 1. The standard InChI is InChI=1S/C12H21NO3/c1-11(2)4-3-6-13(11)8-12(10(14)15)5-7-16-9-12/h3-9H2,1-2H3,(H,14,15). The summed E-state index contributed by atoms with van der Waals surface area (Å²) in [5.74, 6) is -0.701. The van der Waals surface area contributed by atoms with Gasteiger partial charge in [0.2, 0.25) is 0 Å². The van der Waals surface area contributed by atoms with Crippen molar-refractivity contribution in [2.24, 2.45) is 5.41 Å². The highest BCUT2D eigenvalue weighted by molar-refractivity contribution is 5.75. The van der Waals surface area contributed by atoms with Crippen molar-refractivity contribution in [3.8, 4) is 0 Å². The van der Waals surface area contributed by atoms with Gasteiger partial charge in [0, 0.05) is 18.7 Å². The Labute approximate surface area is 96.6 Å². The Balaban J connectivity index is 2.09. The lowest BCUT2D eigenvalue weighted by Gasteiger charge is -2.37. The monoisotopic (exact) mass is 227 g/mol. The summed E-state index contributed by atoms with van der Waals surface area (Å²) >= 11 is 0. The van der Waals surface area contributed by atoms with E-state index >= 15 is 0 Å². The molecule has 0 amide bonds. The number of ether oxygens (including phenoxy) is 1. The summed E-state index contributed by atoms with van der Waals surface area (Å²) in [5, 5.41) is 9.39. The molecule has 0 aromatic carbocycles. The van der Waals surface area contributed by atoms with Crippen LogP contribution in [0.1, 0.15) is 33.1 Å². The maximum atomic E-state index is 11.4. The molecule has 2 heterocycles. The lowest BCUT2D eigenvalue weighted by Crippen LogP contribution is -2.49. The van der Waals surface area contributed by atoms with Crippen LogP contribution in [0.4, 0.5) is 0 Å². The van der Waals surface area contributed by atoms with E-state index in [-0.39, 0.29) is 5.54 Å². The summed E-state index contributed by atoms with van der Waals surface area (Å²) in [6.07, 6.45) is 2.97. The Kier molecular flexibility index (Phi) is 2.97. The van der Waals surface area contributed by atoms with E-state index in [2.05, 4.69) is 18.7 Å². The third kappa shape index (κ3) is 1.96. The Morgan fingerprint density at radius 3 is 2.62 bits per heavy atom. The zero-order valence-electron chi connectivity index (χ0n) is 10.2. The lowest BCUT2D eigenvalue weighted by molar-refractivity contribution is -0.150. The number of carboxylic acids is 1. The maximum absolute atomic E-state index is 11.4. The average molecular weight is 227 g/mol. The highest BCUT2D eigenvalue weighted by Crippen LogP contribution is 2.36. The molecule has 0 aromatic rings. The first-order valence-electron chi connectivity index (χ1n) is 6.03. The molecule has 2 aliphatic heterocycles. The minimum atomic E-state index is -0.701. The second-order valence-electron chi connectivity index (χ2n) is 5.73. The topological polar surface area (TPSA) is 49.8 Å². The summed E-state index contributed by atoms with van der Waals surface area (Å²) in [6.45, 7) is 7.00. The number of rotatable bonds is 3. The van der Waals surface area contributed by atoms with Crippen LogP contribution >= 0.6 is 0 Å². The minimum absolute atomic E-state index is 0.144. The fraction of sp³-hybridized carbons (Fsp3) is 0.917. The van der Waals surface area contributed by atoms with Gasteiger partial charge in [0.15, 0.2) is 0 Å². The first-order chi connectivity index (χ1) is 7.46. The third-order valence-corrected chi connectivity index (χ3v) is 4.12. The van der Waals surface area contributed by atoms with Crippen molar-refractivity contribution in [2.45, 2.75) is 38.6 Å². The molecule has 4 heteroatoms. The number of carboxylic acid groups (broad SMARTS) is 1. The van der Waals surface area contributed by atoms with E-state index in [1.54, 1.807) is 0 Å². The molecule has 0 saturated carbocycles. The van der Waals surface area contributed by atoms with E-state index in [4.69, 9.17) is 4.74 Å². The Morgan fingerprint density at radius 1 is 1.44 bits per heavy atom. The van der Waals surface area contributed by atoms with Crippen molar-refractivity contribution in [3.05, 3.63) is 0 Å². The number of aliphatic carboxylic acids is 1. The summed E-state index contributed by atoms with van der Waals surface area (Å²) < 4.78 is 5.29. The minimum Gasteiger partial charge on any atom is -0.481 e. The van der Waals surface area contributed by atoms with Gasteiger partial charge in [0.05, 0.1) is 6.61 Å². The van der Waals surface area contributed by atoms with E-state index in [0.29, 0.717) is 26.2 Å². The van der Waals surface area contributed by atoms with Crippen molar-refractivity contribution in [3.63, 3.8) is 0 Å². The number of carbonyl (C=O) groups is 1. The van der Waals surface area contributed by atoms with Gasteiger partial charge in [-0.05, 0) is 39.7 Å². The number of likely N-dealkylation sites (tertiary alicyclic amines) is 1. The summed E-state index contributed by atoms with van der Waals surface area (Å²) in [7, 11) is 0. The molecular formula is C12H21NO3. The molecule has 1 atom stereocenters. The van der Waals surface area contributed by atoms with E-state index in [1.165, 1.54) is 6.42 Å². The largest absolute Gasteiger partial charge is 0.481 e. The molecule has 2 fully saturated rings. The van der Waals surface area contributed by atoms with Crippen LogP contribution < -0.4 is 0 Å². The fourth-order valence-corrected chi connectivity index (χ4v) is 2.79. The number of nitrogens with zero attached hydrogens (tertiary/aromatic N) is 1. The second-order valence-corrected chi connectivity index (χ2v) is 5.73. The van der Waals surface area contributed by atoms with Crippen LogP contribution in [0.2, 0.25) is 0 Å². The molecule has 0 aliphatic carbocycles. The highest BCUT2D eigenvalue weighted by Gasteiger charge is 2.46. The fourth-order valence-electron chi connectivity index (χ4n) is 2.79. The Morgan fingerprint density at radius 2 is 2.19 bits per heavy atom. The van der Waals surface area contributed by atoms with Gasteiger partial charge >= 0.3 is 5.97 Å². The first-order valence-corrected chi connectivity index (χ1v) is 6.03. The van der Waals surface area contributed by atoms with Crippen molar-refractivity contribution < 1.29 is 14.6 Å². The van der Waals surface area contributed by atoms with Gasteiger partial charge < -0.3 is 9.84 Å². The predicted molar refractivity (Wildman–Crippen MR) is 60.4 cm³/mol. The molecule has 0 aromatic heterocycles. The Hall–Kier alpha value is -0.610. The van der Waals surface area contributed by atoms with Crippen LogP contribution in [0, 0.1) is 5.41 Å². The van der Waals surface area contributed by atoms with Crippen LogP contribution in [0.3, 0.4) is 0 Å². The van der Waals surface area contributed by atoms with Gasteiger partial charge in [0.1, 0.15) is 5.41 Å². The molecule has 0 spiro atoms. The van der Waals surface area contributed by atoms with Gasteiger partial charge in [-0.3, -0.25) is 9.69 Å². The molecule has 92 valence electrons. The Bertz CT molecular complexity index is 282. The molecule has 2 rings (SSSR count). The van der Waals surface area contributed by atoms with E-state index in [0.717, 1.165) is 13.0 Å². The normalized spacial score (nSPS) is 34.4. The molecule has 4 nitrogen and oxygen atoms in total. The van der Waals surface area contributed by atoms with Crippen LogP contribution in [-0.4, -0.2) is 47.8 Å². The zero-order valence-corrected chi connectivity index (χ0v) is 10.2. The van der Waals surface area contributed by atoms with Crippen LogP contribution in [0.25, 0.3) is 0 Å². The van der Waals surface area contributed by atoms with Gasteiger partial charge in [-0.25, -0.2) is 0 Å². The van der Waals surface area contributed by atoms with E-state index < -0.39 is 11.4 Å². The van der Waals surface area contributed by atoms with Crippen LogP contribution in [0.15, 0.2) is 0 Å². The maximum Gasteiger partial charge on any atom is 0.313 e. The quantitative estimate of drug-likeness (QED) is 0.790. The SMILES string of the molecule is CC1(C)CCCN1CC1(C(=O)O)CCOC1. The summed E-state index contributed by atoms with van der Waals surface area (Å²) in [6, 6.07) is 0. The number of hydrogen-bond acceptors (Lipinski definition) is 3. The molecule has 1 N–H and O–H groups in total.